The van der Waals surface area contributed by atoms with Gasteiger partial charge in [-0.05, 0) is 18.8 Å². The minimum absolute atomic E-state index is 0.306. The normalized spacial score (nSPS) is 29.5. The fraction of sp³-hybridized carbons (Fsp3) is 0.909. The van der Waals surface area contributed by atoms with Crippen molar-refractivity contribution in [3.63, 3.8) is 0 Å². The van der Waals surface area contributed by atoms with Gasteiger partial charge in [-0.2, -0.15) is 0 Å². The monoisotopic (exact) mass is 212 g/mol. The van der Waals surface area contributed by atoms with Crippen LogP contribution in [0.2, 0.25) is 0 Å². The zero-order chi connectivity index (χ0) is 10.7. The number of nitrogens with zero attached hydrogens (tertiary/aromatic N) is 1. The minimum atomic E-state index is -0.680. The molecule has 4 nitrogen and oxygen atoms in total. The first-order valence-corrected chi connectivity index (χ1v) is 5.95. The van der Waals surface area contributed by atoms with E-state index in [4.69, 9.17) is 5.11 Å². The van der Waals surface area contributed by atoms with Crippen molar-refractivity contribution in [2.45, 2.75) is 31.7 Å². The van der Waals surface area contributed by atoms with E-state index in [0.717, 1.165) is 25.6 Å². The molecule has 0 aromatic carbocycles. The molecular formula is C11H20N2O2. The third-order valence-electron chi connectivity index (χ3n) is 3.61. The second-order valence-electron chi connectivity index (χ2n) is 4.70. The topological polar surface area (TPSA) is 52.6 Å². The molecule has 0 amide bonds. The summed E-state index contributed by atoms with van der Waals surface area (Å²) in [7, 11) is 0. The Hall–Kier alpha value is -0.610. The van der Waals surface area contributed by atoms with Crippen LogP contribution in [0.4, 0.5) is 0 Å². The van der Waals surface area contributed by atoms with E-state index < -0.39 is 5.97 Å². The molecule has 1 aliphatic carbocycles. The molecule has 0 aromatic rings. The molecule has 2 N–H and O–H groups in total. The Morgan fingerprint density at radius 2 is 2.13 bits per heavy atom. The third-order valence-corrected chi connectivity index (χ3v) is 3.61. The highest BCUT2D eigenvalue weighted by molar-refractivity contribution is 5.73. The van der Waals surface area contributed by atoms with E-state index in [2.05, 4.69) is 10.2 Å². The Bertz CT molecular complexity index is 227. The van der Waals surface area contributed by atoms with Crippen molar-refractivity contribution in [3.05, 3.63) is 0 Å². The molecule has 1 unspecified atom stereocenters. The van der Waals surface area contributed by atoms with Gasteiger partial charge < -0.3 is 10.4 Å². The Labute approximate surface area is 90.6 Å². The molecule has 0 spiro atoms. The Kier molecular flexibility index (Phi) is 3.59. The predicted octanol–water partition coefficient (Wildman–Crippen LogP) is 0.535. The van der Waals surface area contributed by atoms with Crippen molar-refractivity contribution in [1.82, 2.24) is 10.2 Å². The van der Waals surface area contributed by atoms with Gasteiger partial charge in [0.1, 0.15) is 6.04 Å². The van der Waals surface area contributed by atoms with Gasteiger partial charge in [-0.1, -0.05) is 12.8 Å². The fourth-order valence-electron chi connectivity index (χ4n) is 2.73. The number of carbonyl (C=O) groups is 1. The van der Waals surface area contributed by atoms with Crippen LogP contribution in [0, 0.1) is 5.92 Å². The summed E-state index contributed by atoms with van der Waals surface area (Å²) < 4.78 is 0. The van der Waals surface area contributed by atoms with Crippen LogP contribution in [0.3, 0.4) is 0 Å². The zero-order valence-corrected chi connectivity index (χ0v) is 9.11. The highest BCUT2D eigenvalue weighted by Gasteiger charge is 2.30. The van der Waals surface area contributed by atoms with Crippen molar-refractivity contribution < 1.29 is 9.90 Å². The molecule has 1 aliphatic heterocycles. The number of carboxylic acids is 1. The molecule has 86 valence electrons. The van der Waals surface area contributed by atoms with Gasteiger partial charge in [0.2, 0.25) is 0 Å². The van der Waals surface area contributed by atoms with E-state index in [9.17, 15) is 4.79 Å². The van der Waals surface area contributed by atoms with Crippen LogP contribution in [-0.2, 0) is 4.79 Å². The molecule has 1 heterocycles. The highest BCUT2D eigenvalue weighted by Crippen LogP contribution is 2.26. The van der Waals surface area contributed by atoms with E-state index in [0.29, 0.717) is 6.54 Å². The SMILES string of the molecule is O=C(O)C1CNCCN1CC1CCCC1. The molecule has 0 radical (unpaired) electrons. The van der Waals surface area contributed by atoms with Crippen molar-refractivity contribution in [2.24, 2.45) is 5.92 Å². The number of hydrogen-bond acceptors (Lipinski definition) is 3. The maximum Gasteiger partial charge on any atom is 0.322 e. The second-order valence-corrected chi connectivity index (χ2v) is 4.70. The molecule has 1 atom stereocenters. The van der Waals surface area contributed by atoms with Crippen LogP contribution >= 0.6 is 0 Å². The minimum Gasteiger partial charge on any atom is -0.480 e. The Morgan fingerprint density at radius 3 is 2.80 bits per heavy atom. The van der Waals surface area contributed by atoms with E-state index in [1.165, 1.54) is 25.7 Å². The van der Waals surface area contributed by atoms with Gasteiger partial charge in [0.05, 0.1) is 0 Å². The highest BCUT2D eigenvalue weighted by atomic mass is 16.4. The molecule has 1 saturated heterocycles. The lowest BCUT2D eigenvalue weighted by Gasteiger charge is -2.35. The number of piperazine rings is 1. The van der Waals surface area contributed by atoms with Crippen LogP contribution < -0.4 is 5.32 Å². The van der Waals surface area contributed by atoms with Crippen molar-refractivity contribution in [2.75, 3.05) is 26.2 Å². The van der Waals surface area contributed by atoms with Crippen LogP contribution in [0.1, 0.15) is 25.7 Å². The first-order valence-electron chi connectivity index (χ1n) is 5.95. The van der Waals surface area contributed by atoms with Crippen molar-refractivity contribution >= 4 is 5.97 Å². The zero-order valence-electron chi connectivity index (χ0n) is 9.11. The van der Waals surface area contributed by atoms with Gasteiger partial charge in [0.15, 0.2) is 0 Å². The van der Waals surface area contributed by atoms with Gasteiger partial charge in [-0.3, -0.25) is 9.69 Å². The first-order chi connectivity index (χ1) is 7.27. The lowest BCUT2D eigenvalue weighted by atomic mass is 10.1. The van der Waals surface area contributed by atoms with Crippen molar-refractivity contribution in [1.29, 1.82) is 0 Å². The predicted molar refractivity (Wildman–Crippen MR) is 57.8 cm³/mol. The lowest BCUT2D eigenvalue weighted by Crippen LogP contribution is -2.55. The maximum atomic E-state index is 11.1. The van der Waals surface area contributed by atoms with Gasteiger partial charge >= 0.3 is 5.97 Å². The van der Waals surface area contributed by atoms with Crippen LogP contribution in [0.15, 0.2) is 0 Å². The summed E-state index contributed by atoms with van der Waals surface area (Å²) in [5, 5.41) is 12.2. The number of nitrogens with one attached hydrogen (secondary N) is 1. The smallest absolute Gasteiger partial charge is 0.322 e. The molecule has 1 saturated carbocycles. The molecule has 2 fully saturated rings. The molecule has 2 aliphatic rings. The average Bonchev–Trinajstić information content (AvgIpc) is 2.71. The number of aliphatic carboxylic acids is 1. The first kappa shape index (κ1) is 10.9. The third kappa shape index (κ3) is 2.69. The Morgan fingerprint density at radius 1 is 1.40 bits per heavy atom. The molecular weight excluding hydrogens is 192 g/mol. The lowest BCUT2D eigenvalue weighted by molar-refractivity contribution is -0.144. The largest absolute Gasteiger partial charge is 0.480 e. The van der Waals surface area contributed by atoms with E-state index in [1.807, 2.05) is 0 Å². The number of carboxylic acid groups (broad SMARTS) is 1. The van der Waals surface area contributed by atoms with Gasteiger partial charge in [-0.15, -0.1) is 0 Å². The standard InChI is InChI=1S/C11H20N2O2/c14-11(15)10-7-12-5-6-13(10)8-9-3-1-2-4-9/h9-10,12H,1-8H2,(H,14,15). The second kappa shape index (κ2) is 4.94. The molecule has 0 bridgehead atoms. The number of hydrogen-bond donors (Lipinski definition) is 2. The maximum absolute atomic E-state index is 11.1. The van der Waals surface area contributed by atoms with Crippen LogP contribution in [0.5, 0.6) is 0 Å². The van der Waals surface area contributed by atoms with Crippen LogP contribution in [-0.4, -0.2) is 48.2 Å². The quantitative estimate of drug-likeness (QED) is 0.716. The van der Waals surface area contributed by atoms with E-state index >= 15 is 0 Å². The average molecular weight is 212 g/mol. The molecule has 15 heavy (non-hydrogen) atoms. The summed E-state index contributed by atoms with van der Waals surface area (Å²) in [6.07, 6.45) is 5.23. The molecule has 4 heteroatoms. The molecule has 2 rings (SSSR count). The van der Waals surface area contributed by atoms with E-state index in [1.54, 1.807) is 0 Å². The van der Waals surface area contributed by atoms with Crippen LogP contribution in [0.25, 0.3) is 0 Å². The summed E-state index contributed by atoms with van der Waals surface area (Å²) >= 11 is 0. The van der Waals surface area contributed by atoms with Gasteiger partial charge in [0, 0.05) is 26.2 Å². The van der Waals surface area contributed by atoms with E-state index in [-0.39, 0.29) is 6.04 Å². The summed E-state index contributed by atoms with van der Waals surface area (Å²) in [5.41, 5.74) is 0. The fourth-order valence-corrected chi connectivity index (χ4v) is 2.73. The summed E-state index contributed by atoms with van der Waals surface area (Å²) in [6, 6.07) is -0.306. The van der Waals surface area contributed by atoms with Gasteiger partial charge in [0.25, 0.3) is 0 Å². The summed E-state index contributed by atoms with van der Waals surface area (Å²) in [5.74, 6) is 0.0603. The van der Waals surface area contributed by atoms with Gasteiger partial charge in [-0.25, -0.2) is 0 Å². The van der Waals surface area contributed by atoms with Crippen molar-refractivity contribution in [3.8, 4) is 0 Å². The number of rotatable bonds is 3. The summed E-state index contributed by atoms with van der Waals surface area (Å²) in [4.78, 5) is 13.2. The molecule has 0 aromatic heterocycles. The Balaban J connectivity index is 1.89. The summed E-state index contributed by atoms with van der Waals surface area (Å²) in [6.45, 7) is 3.39.